The summed E-state index contributed by atoms with van der Waals surface area (Å²) in [5.74, 6) is 0.953. The molecule has 0 amide bonds. The molecule has 2 unspecified atom stereocenters. The molecule has 2 atom stereocenters. The van der Waals surface area contributed by atoms with Crippen molar-refractivity contribution < 1.29 is 4.74 Å². The summed E-state index contributed by atoms with van der Waals surface area (Å²) in [6.07, 6.45) is 2.13. The maximum atomic E-state index is 5.94. The second kappa shape index (κ2) is 4.74. The van der Waals surface area contributed by atoms with Gasteiger partial charge in [-0.3, -0.25) is 0 Å². The lowest BCUT2D eigenvalue weighted by atomic mass is 10.0. The molecule has 3 N–H and O–H groups in total. The van der Waals surface area contributed by atoms with Gasteiger partial charge in [-0.05, 0) is 44.0 Å². The Hall–Kier alpha value is -1.22. The molecule has 1 aliphatic heterocycles. The quantitative estimate of drug-likeness (QED) is 0.820. The van der Waals surface area contributed by atoms with E-state index in [1.807, 2.05) is 0 Å². The first-order chi connectivity index (χ1) is 7.74. The first-order valence-corrected chi connectivity index (χ1v) is 6.00. The summed E-state index contributed by atoms with van der Waals surface area (Å²) >= 11 is 0. The molecule has 0 saturated carbocycles. The molecule has 1 aromatic rings. The van der Waals surface area contributed by atoms with Gasteiger partial charge in [-0.15, -0.1) is 0 Å². The van der Waals surface area contributed by atoms with Crippen molar-refractivity contribution in [1.29, 1.82) is 0 Å². The van der Waals surface area contributed by atoms with E-state index in [1.54, 1.807) is 0 Å². The van der Waals surface area contributed by atoms with Gasteiger partial charge in [-0.2, -0.15) is 0 Å². The molecule has 0 aliphatic carbocycles. The molecule has 0 radical (unpaired) electrons. The van der Waals surface area contributed by atoms with Crippen molar-refractivity contribution in [3.05, 3.63) is 23.8 Å². The van der Waals surface area contributed by atoms with Gasteiger partial charge in [-0.25, -0.2) is 0 Å². The highest BCUT2D eigenvalue weighted by Crippen LogP contribution is 2.32. The first kappa shape index (κ1) is 11.3. The zero-order valence-electron chi connectivity index (χ0n) is 9.99. The Kier molecular flexibility index (Phi) is 3.34. The molecule has 0 fully saturated rings. The van der Waals surface area contributed by atoms with Gasteiger partial charge < -0.3 is 15.8 Å². The van der Waals surface area contributed by atoms with Crippen LogP contribution in [0.4, 0.5) is 5.69 Å². The van der Waals surface area contributed by atoms with E-state index in [-0.39, 0.29) is 6.10 Å². The number of rotatable bonds is 3. The number of benzene rings is 1. The summed E-state index contributed by atoms with van der Waals surface area (Å²) < 4.78 is 5.94. The van der Waals surface area contributed by atoms with Gasteiger partial charge in [-0.1, -0.05) is 13.0 Å². The van der Waals surface area contributed by atoms with Gasteiger partial charge in [0.15, 0.2) is 0 Å². The van der Waals surface area contributed by atoms with Crippen LogP contribution < -0.4 is 15.8 Å². The molecule has 0 saturated heterocycles. The molecular formula is C13H20N2O. The largest absolute Gasteiger partial charge is 0.486 e. The summed E-state index contributed by atoms with van der Waals surface area (Å²) in [4.78, 5) is 0. The summed E-state index contributed by atoms with van der Waals surface area (Å²) in [6.45, 7) is 4.97. The number of nitrogens with two attached hydrogens (primary N) is 1. The maximum Gasteiger partial charge on any atom is 0.142 e. The molecule has 0 spiro atoms. The molecule has 1 heterocycles. The smallest absolute Gasteiger partial charge is 0.142 e. The van der Waals surface area contributed by atoms with Crippen LogP contribution in [0.5, 0.6) is 5.75 Å². The monoisotopic (exact) mass is 220 g/mol. The summed E-state index contributed by atoms with van der Waals surface area (Å²) in [7, 11) is 0. The van der Waals surface area contributed by atoms with Crippen LogP contribution in [0, 0.1) is 0 Å². The molecule has 2 rings (SSSR count). The Morgan fingerprint density at radius 3 is 2.94 bits per heavy atom. The highest BCUT2D eigenvalue weighted by molar-refractivity contribution is 5.60. The van der Waals surface area contributed by atoms with Crippen LogP contribution in [0.1, 0.15) is 25.8 Å². The summed E-state index contributed by atoms with van der Waals surface area (Å²) in [6, 6.07) is 6.67. The van der Waals surface area contributed by atoms with Gasteiger partial charge in [0.05, 0.1) is 11.7 Å². The van der Waals surface area contributed by atoms with Crippen molar-refractivity contribution in [1.82, 2.24) is 0 Å². The van der Waals surface area contributed by atoms with Crippen LogP contribution in [-0.2, 0) is 6.42 Å². The number of hydrogen-bond donors (Lipinski definition) is 2. The predicted octanol–water partition coefficient (Wildman–Crippen LogP) is 2.16. The third-order valence-electron chi connectivity index (χ3n) is 3.12. The second-order valence-corrected chi connectivity index (χ2v) is 4.35. The van der Waals surface area contributed by atoms with Crippen molar-refractivity contribution in [3.63, 3.8) is 0 Å². The Bertz CT molecular complexity index is 365. The lowest BCUT2D eigenvalue weighted by Gasteiger charge is -2.33. The van der Waals surface area contributed by atoms with Gasteiger partial charge in [0.2, 0.25) is 0 Å². The third kappa shape index (κ3) is 2.14. The SMILES string of the molecule is CCc1ccc2c(c1)NC(C)C(CCN)O2. The predicted molar refractivity (Wildman–Crippen MR) is 67.0 cm³/mol. The molecule has 16 heavy (non-hydrogen) atoms. The van der Waals surface area contributed by atoms with Crippen LogP contribution in [0.25, 0.3) is 0 Å². The van der Waals surface area contributed by atoms with Crippen molar-refractivity contribution in [2.24, 2.45) is 5.73 Å². The number of ether oxygens (including phenoxy) is 1. The molecular weight excluding hydrogens is 200 g/mol. The highest BCUT2D eigenvalue weighted by atomic mass is 16.5. The van der Waals surface area contributed by atoms with Crippen molar-refractivity contribution in [2.75, 3.05) is 11.9 Å². The highest BCUT2D eigenvalue weighted by Gasteiger charge is 2.25. The first-order valence-electron chi connectivity index (χ1n) is 6.00. The normalized spacial score (nSPS) is 23.2. The minimum atomic E-state index is 0.185. The fourth-order valence-corrected chi connectivity index (χ4v) is 2.09. The maximum absolute atomic E-state index is 5.94. The minimum absolute atomic E-state index is 0.185. The third-order valence-corrected chi connectivity index (χ3v) is 3.12. The van der Waals surface area contributed by atoms with Crippen LogP contribution in [0.15, 0.2) is 18.2 Å². The van der Waals surface area contributed by atoms with E-state index in [4.69, 9.17) is 10.5 Å². The van der Waals surface area contributed by atoms with Crippen molar-refractivity contribution in [2.45, 2.75) is 38.8 Å². The van der Waals surface area contributed by atoms with Crippen LogP contribution in [-0.4, -0.2) is 18.7 Å². The Balaban J connectivity index is 2.20. The van der Waals surface area contributed by atoms with Gasteiger partial charge in [0.25, 0.3) is 0 Å². The van der Waals surface area contributed by atoms with E-state index in [0.29, 0.717) is 12.6 Å². The molecule has 3 nitrogen and oxygen atoms in total. The van der Waals surface area contributed by atoms with Crippen LogP contribution >= 0.6 is 0 Å². The minimum Gasteiger partial charge on any atom is -0.486 e. The Morgan fingerprint density at radius 1 is 1.44 bits per heavy atom. The van der Waals surface area contributed by atoms with Crippen molar-refractivity contribution >= 4 is 5.69 Å². The molecule has 1 aliphatic rings. The van der Waals surface area contributed by atoms with E-state index in [1.165, 1.54) is 5.56 Å². The number of fused-ring (bicyclic) bond motifs is 1. The summed E-state index contributed by atoms with van der Waals surface area (Å²) in [5.41, 5.74) is 8.02. The van der Waals surface area contributed by atoms with E-state index in [9.17, 15) is 0 Å². The standard InChI is InChI=1S/C13H20N2O/c1-3-10-4-5-13-11(8-10)15-9(2)12(16-13)6-7-14/h4-5,8-9,12,15H,3,6-7,14H2,1-2H3. The fraction of sp³-hybridized carbons (Fsp3) is 0.538. The van der Waals surface area contributed by atoms with Gasteiger partial charge in [0, 0.05) is 0 Å². The second-order valence-electron chi connectivity index (χ2n) is 4.35. The van der Waals surface area contributed by atoms with Gasteiger partial charge in [0.1, 0.15) is 11.9 Å². The molecule has 3 heteroatoms. The van der Waals surface area contributed by atoms with Crippen molar-refractivity contribution in [3.8, 4) is 5.75 Å². The van der Waals surface area contributed by atoms with Crippen LogP contribution in [0.2, 0.25) is 0 Å². The van der Waals surface area contributed by atoms with Gasteiger partial charge >= 0.3 is 0 Å². The van der Waals surface area contributed by atoms with E-state index >= 15 is 0 Å². The number of nitrogens with one attached hydrogen (secondary N) is 1. The lowest BCUT2D eigenvalue weighted by molar-refractivity contribution is 0.167. The van der Waals surface area contributed by atoms with Crippen LogP contribution in [0.3, 0.4) is 0 Å². The lowest BCUT2D eigenvalue weighted by Crippen LogP contribution is -2.40. The topological polar surface area (TPSA) is 47.3 Å². The number of anilines is 1. The average molecular weight is 220 g/mol. The zero-order valence-corrected chi connectivity index (χ0v) is 9.99. The molecule has 0 bridgehead atoms. The number of aryl methyl sites for hydroxylation is 1. The molecule has 0 aromatic heterocycles. The number of hydrogen-bond acceptors (Lipinski definition) is 3. The van der Waals surface area contributed by atoms with E-state index < -0.39 is 0 Å². The van der Waals surface area contributed by atoms with E-state index in [2.05, 4.69) is 37.4 Å². The zero-order chi connectivity index (χ0) is 11.5. The molecule has 1 aromatic carbocycles. The Labute approximate surface area is 97.0 Å². The van der Waals surface area contributed by atoms with E-state index in [0.717, 1.165) is 24.3 Å². The Morgan fingerprint density at radius 2 is 2.25 bits per heavy atom. The average Bonchev–Trinajstić information content (AvgIpc) is 2.30. The summed E-state index contributed by atoms with van der Waals surface area (Å²) in [5, 5.41) is 3.49. The fourth-order valence-electron chi connectivity index (χ4n) is 2.09. The molecule has 88 valence electrons.